The van der Waals surface area contributed by atoms with E-state index in [0.717, 1.165) is 25.3 Å². The first-order valence-corrected chi connectivity index (χ1v) is 7.12. The molecule has 0 aromatic heterocycles. The molecular formula is C14H18ClN3O3. The van der Waals surface area contributed by atoms with Gasteiger partial charge in [0.05, 0.1) is 9.95 Å². The van der Waals surface area contributed by atoms with Crippen molar-refractivity contribution in [3.8, 4) is 0 Å². The van der Waals surface area contributed by atoms with Crippen LogP contribution in [-0.2, 0) is 0 Å². The molecule has 0 spiro atoms. The van der Waals surface area contributed by atoms with Crippen LogP contribution in [0.1, 0.15) is 43.5 Å². The minimum atomic E-state index is -0.642. The highest BCUT2D eigenvalue weighted by atomic mass is 35.5. The van der Waals surface area contributed by atoms with Gasteiger partial charge in [0.1, 0.15) is 5.69 Å². The summed E-state index contributed by atoms with van der Waals surface area (Å²) in [6.07, 6.45) is 2.84. The highest BCUT2D eigenvalue weighted by molar-refractivity contribution is 6.34. The molecule has 0 heterocycles. The number of nitro benzene ring substituents is 1. The molecule has 7 heteroatoms. The van der Waals surface area contributed by atoms with Gasteiger partial charge in [-0.15, -0.1) is 0 Å². The molecule has 1 saturated carbocycles. The monoisotopic (exact) mass is 311 g/mol. The van der Waals surface area contributed by atoms with Crippen LogP contribution in [0.4, 0.5) is 11.4 Å². The first-order chi connectivity index (χ1) is 9.69. The number of rotatable bonds is 3. The Morgan fingerprint density at radius 1 is 1.52 bits per heavy atom. The maximum atomic E-state index is 12.2. The second-order valence-corrected chi connectivity index (χ2v) is 6.63. The molecule has 1 aromatic rings. The van der Waals surface area contributed by atoms with Gasteiger partial charge in [-0.1, -0.05) is 25.4 Å². The second-order valence-electron chi connectivity index (χ2n) is 6.23. The van der Waals surface area contributed by atoms with Gasteiger partial charge in [0.2, 0.25) is 0 Å². The van der Waals surface area contributed by atoms with Gasteiger partial charge in [0.25, 0.3) is 11.6 Å². The van der Waals surface area contributed by atoms with Crippen molar-refractivity contribution in [3.63, 3.8) is 0 Å². The van der Waals surface area contributed by atoms with Crippen molar-refractivity contribution in [3.05, 3.63) is 32.8 Å². The number of hydrogen-bond donors (Lipinski definition) is 2. The van der Waals surface area contributed by atoms with Crippen LogP contribution in [-0.4, -0.2) is 16.9 Å². The van der Waals surface area contributed by atoms with E-state index in [1.807, 2.05) is 0 Å². The molecule has 1 unspecified atom stereocenters. The van der Waals surface area contributed by atoms with Crippen LogP contribution >= 0.6 is 11.6 Å². The average molecular weight is 312 g/mol. The molecule has 1 fully saturated rings. The number of nitrogen functional groups attached to an aromatic ring is 1. The summed E-state index contributed by atoms with van der Waals surface area (Å²) < 4.78 is 0. The number of benzene rings is 1. The third-order valence-electron chi connectivity index (χ3n) is 3.87. The lowest BCUT2D eigenvalue weighted by atomic mass is 9.92. The molecule has 1 aliphatic rings. The summed E-state index contributed by atoms with van der Waals surface area (Å²) in [5, 5.41) is 13.8. The van der Waals surface area contributed by atoms with Gasteiger partial charge in [-0.25, -0.2) is 0 Å². The zero-order valence-electron chi connectivity index (χ0n) is 12.0. The topological polar surface area (TPSA) is 98.3 Å². The molecule has 1 aliphatic carbocycles. The molecule has 0 radical (unpaired) electrons. The predicted molar refractivity (Wildman–Crippen MR) is 81.4 cm³/mol. The number of nitrogens with zero attached hydrogens (tertiary/aromatic N) is 1. The molecule has 114 valence electrons. The normalized spacial score (nSPS) is 20.2. The number of nitro groups is 1. The highest BCUT2D eigenvalue weighted by Crippen LogP contribution is 2.37. The molecule has 1 atom stereocenters. The molecule has 2 rings (SSSR count). The Kier molecular flexibility index (Phi) is 4.09. The summed E-state index contributed by atoms with van der Waals surface area (Å²) in [6.45, 7) is 4.31. The van der Waals surface area contributed by atoms with E-state index in [-0.39, 0.29) is 39.3 Å². The van der Waals surface area contributed by atoms with Gasteiger partial charge >= 0.3 is 0 Å². The summed E-state index contributed by atoms with van der Waals surface area (Å²) in [5.41, 5.74) is 5.44. The van der Waals surface area contributed by atoms with Crippen LogP contribution < -0.4 is 11.1 Å². The van der Waals surface area contributed by atoms with Crippen LogP contribution in [0, 0.1) is 15.5 Å². The Hall–Kier alpha value is -1.82. The molecule has 1 amide bonds. The number of nitrogens with two attached hydrogens (primary N) is 1. The fraction of sp³-hybridized carbons (Fsp3) is 0.500. The smallest absolute Gasteiger partial charge is 0.294 e. The van der Waals surface area contributed by atoms with Gasteiger partial charge in [-0.3, -0.25) is 14.9 Å². The number of anilines is 1. The van der Waals surface area contributed by atoms with Crippen LogP contribution in [0.2, 0.25) is 5.02 Å². The SMILES string of the molecule is CC1(C)CCC(NC(=O)c2cc(Cl)c(N)c([N+](=O)[O-])c2)C1. The minimum Gasteiger partial charge on any atom is -0.392 e. The summed E-state index contributed by atoms with van der Waals surface area (Å²) in [5.74, 6) is -0.359. The van der Waals surface area contributed by atoms with Crippen molar-refractivity contribution >= 4 is 28.9 Å². The summed E-state index contributed by atoms with van der Waals surface area (Å²) in [7, 11) is 0. The van der Waals surface area contributed by atoms with Gasteiger partial charge in [0, 0.05) is 17.7 Å². The minimum absolute atomic E-state index is 0.0149. The van der Waals surface area contributed by atoms with E-state index in [2.05, 4.69) is 19.2 Å². The molecule has 0 aliphatic heterocycles. The predicted octanol–water partition coefficient (Wildman–Crippen LogP) is 3.14. The fourth-order valence-electron chi connectivity index (χ4n) is 2.71. The number of hydrogen-bond acceptors (Lipinski definition) is 4. The molecule has 0 bridgehead atoms. The van der Waals surface area contributed by atoms with Crippen LogP contribution in [0.15, 0.2) is 12.1 Å². The number of amides is 1. The maximum Gasteiger partial charge on any atom is 0.294 e. The summed E-state index contributed by atoms with van der Waals surface area (Å²) in [4.78, 5) is 22.5. The van der Waals surface area contributed by atoms with Gasteiger partial charge in [-0.05, 0) is 30.7 Å². The summed E-state index contributed by atoms with van der Waals surface area (Å²) >= 11 is 5.86. The Labute approximate surface area is 127 Å². The van der Waals surface area contributed by atoms with Gasteiger partial charge < -0.3 is 11.1 Å². The van der Waals surface area contributed by atoms with E-state index in [9.17, 15) is 14.9 Å². The van der Waals surface area contributed by atoms with Crippen molar-refractivity contribution < 1.29 is 9.72 Å². The van der Waals surface area contributed by atoms with Crippen molar-refractivity contribution in [1.29, 1.82) is 0 Å². The van der Waals surface area contributed by atoms with Crippen molar-refractivity contribution in [2.75, 3.05) is 5.73 Å². The fourth-order valence-corrected chi connectivity index (χ4v) is 2.93. The highest BCUT2D eigenvalue weighted by Gasteiger charge is 2.32. The molecule has 1 aromatic carbocycles. The maximum absolute atomic E-state index is 12.2. The van der Waals surface area contributed by atoms with Crippen LogP contribution in [0.25, 0.3) is 0 Å². The first kappa shape index (κ1) is 15.6. The van der Waals surface area contributed by atoms with Gasteiger partial charge in [-0.2, -0.15) is 0 Å². The molecule has 3 N–H and O–H groups in total. The lowest BCUT2D eigenvalue weighted by Gasteiger charge is -2.18. The number of nitrogens with one attached hydrogen (secondary N) is 1. The molecule has 6 nitrogen and oxygen atoms in total. The Bertz CT molecular complexity index is 601. The standard InChI is InChI=1S/C14H18ClN3O3/c1-14(2)4-3-9(7-14)17-13(19)8-5-10(15)12(16)11(6-8)18(20)21/h5-6,9H,3-4,7,16H2,1-2H3,(H,17,19). The number of carbonyl (C=O) groups excluding carboxylic acids is 1. The Morgan fingerprint density at radius 2 is 2.19 bits per heavy atom. The number of halogens is 1. The van der Waals surface area contributed by atoms with E-state index in [4.69, 9.17) is 17.3 Å². The van der Waals surface area contributed by atoms with Crippen LogP contribution in [0.5, 0.6) is 0 Å². The van der Waals surface area contributed by atoms with Crippen LogP contribution in [0.3, 0.4) is 0 Å². The third kappa shape index (κ3) is 3.44. The van der Waals surface area contributed by atoms with E-state index in [0.29, 0.717) is 0 Å². The quantitative estimate of drug-likeness (QED) is 0.509. The third-order valence-corrected chi connectivity index (χ3v) is 4.18. The molecule has 21 heavy (non-hydrogen) atoms. The van der Waals surface area contributed by atoms with E-state index in [1.54, 1.807) is 0 Å². The van der Waals surface area contributed by atoms with E-state index < -0.39 is 4.92 Å². The van der Waals surface area contributed by atoms with E-state index in [1.165, 1.54) is 6.07 Å². The lowest BCUT2D eigenvalue weighted by Crippen LogP contribution is -2.33. The largest absolute Gasteiger partial charge is 0.392 e. The molecular weight excluding hydrogens is 294 g/mol. The second kappa shape index (κ2) is 5.52. The first-order valence-electron chi connectivity index (χ1n) is 6.74. The summed E-state index contributed by atoms with van der Waals surface area (Å²) in [6, 6.07) is 2.61. The number of carbonyl (C=O) groups is 1. The zero-order chi connectivity index (χ0) is 15.8. The lowest BCUT2D eigenvalue weighted by molar-refractivity contribution is -0.383. The average Bonchev–Trinajstić information content (AvgIpc) is 2.71. The van der Waals surface area contributed by atoms with Crippen molar-refractivity contribution in [2.24, 2.45) is 5.41 Å². The molecule has 0 saturated heterocycles. The van der Waals surface area contributed by atoms with Gasteiger partial charge in [0.15, 0.2) is 0 Å². The van der Waals surface area contributed by atoms with Crippen molar-refractivity contribution in [1.82, 2.24) is 5.32 Å². The van der Waals surface area contributed by atoms with E-state index >= 15 is 0 Å². The Morgan fingerprint density at radius 3 is 2.71 bits per heavy atom. The van der Waals surface area contributed by atoms with Crippen molar-refractivity contribution in [2.45, 2.75) is 39.2 Å². The zero-order valence-corrected chi connectivity index (χ0v) is 12.7. The Balaban J connectivity index is 2.18.